The number of hydrogen-bond acceptors (Lipinski definition) is 4. The zero-order valence-electron chi connectivity index (χ0n) is 11.6. The maximum atomic E-state index is 6.01. The number of nitrogen functional groups attached to an aromatic ring is 1. The van der Waals surface area contributed by atoms with Crippen LogP contribution in [0, 0.1) is 0 Å². The molecule has 3 aromatic rings. The third kappa shape index (κ3) is 2.42. The van der Waals surface area contributed by atoms with Gasteiger partial charge in [0.1, 0.15) is 22.8 Å². The van der Waals surface area contributed by atoms with Gasteiger partial charge in [0.25, 0.3) is 0 Å². The summed E-state index contributed by atoms with van der Waals surface area (Å²) in [7, 11) is 3.25. The Bertz CT molecular complexity index is 814. The highest BCUT2D eigenvalue weighted by atomic mass is 79.9. The van der Waals surface area contributed by atoms with Crippen LogP contribution in [0.5, 0.6) is 11.5 Å². The van der Waals surface area contributed by atoms with Crippen molar-refractivity contribution in [2.75, 3.05) is 20.0 Å². The van der Waals surface area contributed by atoms with Crippen molar-refractivity contribution in [3.63, 3.8) is 0 Å². The van der Waals surface area contributed by atoms with Gasteiger partial charge in [-0.05, 0) is 30.3 Å². The first kappa shape index (κ1) is 13.8. The van der Waals surface area contributed by atoms with Gasteiger partial charge >= 0.3 is 0 Å². The van der Waals surface area contributed by atoms with Crippen LogP contribution in [-0.4, -0.2) is 24.2 Å². The van der Waals surface area contributed by atoms with Crippen LogP contribution < -0.4 is 15.2 Å². The lowest BCUT2D eigenvalue weighted by atomic mass is 10.2. The molecule has 6 heteroatoms. The van der Waals surface area contributed by atoms with E-state index < -0.39 is 0 Å². The third-order valence-corrected chi connectivity index (χ3v) is 3.70. The predicted molar refractivity (Wildman–Crippen MR) is 86.7 cm³/mol. The van der Waals surface area contributed by atoms with Crippen molar-refractivity contribution in [1.29, 1.82) is 0 Å². The van der Waals surface area contributed by atoms with Crippen LogP contribution >= 0.6 is 15.9 Å². The summed E-state index contributed by atoms with van der Waals surface area (Å²) in [6.45, 7) is 0. The molecule has 3 rings (SSSR count). The highest BCUT2D eigenvalue weighted by Crippen LogP contribution is 2.34. The molecule has 0 atom stereocenters. The van der Waals surface area contributed by atoms with E-state index in [-0.39, 0.29) is 0 Å². The molecule has 21 heavy (non-hydrogen) atoms. The van der Waals surface area contributed by atoms with E-state index in [9.17, 15) is 0 Å². The molecular formula is C15H14BrN3O2. The van der Waals surface area contributed by atoms with Gasteiger partial charge in [0.15, 0.2) is 0 Å². The van der Waals surface area contributed by atoms with Crippen molar-refractivity contribution < 1.29 is 9.47 Å². The Hall–Kier alpha value is -2.21. The molecule has 3 N–H and O–H groups in total. The summed E-state index contributed by atoms with van der Waals surface area (Å²) in [5.74, 6) is 2.14. The van der Waals surface area contributed by atoms with Gasteiger partial charge in [-0.1, -0.05) is 15.9 Å². The van der Waals surface area contributed by atoms with E-state index in [1.807, 2.05) is 30.3 Å². The molecule has 0 spiro atoms. The molecule has 5 nitrogen and oxygen atoms in total. The maximum Gasteiger partial charge on any atom is 0.142 e. The summed E-state index contributed by atoms with van der Waals surface area (Å²) in [5, 5.41) is 0. The Morgan fingerprint density at radius 1 is 1.14 bits per heavy atom. The molecule has 0 radical (unpaired) electrons. The first-order chi connectivity index (χ1) is 10.1. The number of aromatic amines is 1. The van der Waals surface area contributed by atoms with Crippen molar-refractivity contribution in [3.8, 4) is 22.9 Å². The smallest absolute Gasteiger partial charge is 0.142 e. The van der Waals surface area contributed by atoms with Crippen molar-refractivity contribution in [3.05, 3.63) is 34.8 Å². The molecule has 0 aliphatic carbocycles. The van der Waals surface area contributed by atoms with E-state index in [1.54, 1.807) is 14.2 Å². The number of H-pyrrole nitrogens is 1. The largest absolute Gasteiger partial charge is 0.497 e. The molecule has 0 amide bonds. The number of imidazole rings is 1. The lowest BCUT2D eigenvalue weighted by Gasteiger charge is -2.08. The molecule has 0 aliphatic heterocycles. The number of hydrogen-bond donors (Lipinski definition) is 2. The average molecular weight is 348 g/mol. The minimum absolute atomic E-state index is 0.615. The van der Waals surface area contributed by atoms with Crippen molar-refractivity contribution >= 4 is 32.7 Å². The highest BCUT2D eigenvalue weighted by molar-refractivity contribution is 9.10. The number of fused-ring (bicyclic) bond motifs is 1. The summed E-state index contributed by atoms with van der Waals surface area (Å²) in [6.07, 6.45) is 0. The molecule has 0 saturated carbocycles. The van der Waals surface area contributed by atoms with Crippen LogP contribution in [0.15, 0.2) is 34.8 Å². The normalized spacial score (nSPS) is 10.8. The van der Waals surface area contributed by atoms with Crippen LogP contribution in [0.1, 0.15) is 0 Å². The summed E-state index contributed by atoms with van der Waals surface area (Å²) in [4.78, 5) is 7.83. The number of nitrogens with two attached hydrogens (primary N) is 1. The topological polar surface area (TPSA) is 73.2 Å². The second-order valence-electron chi connectivity index (χ2n) is 4.54. The van der Waals surface area contributed by atoms with E-state index in [0.717, 1.165) is 26.8 Å². The summed E-state index contributed by atoms with van der Waals surface area (Å²) >= 11 is 3.43. The van der Waals surface area contributed by atoms with Gasteiger partial charge in [0.05, 0.1) is 31.0 Å². The second-order valence-corrected chi connectivity index (χ2v) is 5.46. The minimum Gasteiger partial charge on any atom is -0.497 e. The van der Waals surface area contributed by atoms with Crippen LogP contribution in [-0.2, 0) is 0 Å². The van der Waals surface area contributed by atoms with Gasteiger partial charge in [0.2, 0.25) is 0 Å². The van der Waals surface area contributed by atoms with Crippen molar-refractivity contribution in [2.45, 2.75) is 0 Å². The fourth-order valence-corrected chi connectivity index (χ4v) is 2.71. The molecule has 0 bridgehead atoms. The van der Waals surface area contributed by atoms with E-state index in [1.165, 1.54) is 0 Å². The number of ether oxygens (including phenoxy) is 2. The number of nitrogens with zero attached hydrogens (tertiary/aromatic N) is 1. The number of halogens is 1. The van der Waals surface area contributed by atoms with Crippen molar-refractivity contribution in [1.82, 2.24) is 9.97 Å². The number of benzene rings is 2. The zero-order chi connectivity index (χ0) is 15.0. The molecule has 0 aliphatic rings. The van der Waals surface area contributed by atoms with E-state index in [2.05, 4.69) is 25.9 Å². The first-order valence-corrected chi connectivity index (χ1v) is 7.09. The number of anilines is 1. The first-order valence-electron chi connectivity index (χ1n) is 6.29. The van der Waals surface area contributed by atoms with Gasteiger partial charge in [-0.15, -0.1) is 0 Å². The molecule has 0 fully saturated rings. The number of aromatic nitrogens is 2. The standard InChI is InChI=1S/C15H14BrN3O2/c1-20-9-3-4-13(21-2)10(7-9)15-18-12-6-8(16)5-11(17)14(12)19-15/h3-7H,17H2,1-2H3,(H,18,19). The molecule has 108 valence electrons. The predicted octanol–water partition coefficient (Wildman–Crippen LogP) is 3.59. The summed E-state index contributed by atoms with van der Waals surface area (Å²) in [6, 6.07) is 9.34. The Morgan fingerprint density at radius 2 is 1.95 bits per heavy atom. The third-order valence-electron chi connectivity index (χ3n) is 3.24. The van der Waals surface area contributed by atoms with E-state index >= 15 is 0 Å². The highest BCUT2D eigenvalue weighted by Gasteiger charge is 2.13. The quantitative estimate of drug-likeness (QED) is 0.710. The van der Waals surface area contributed by atoms with Gasteiger partial charge in [0, 0.05) is 4.47 Å². The van der Waals surface area contributed by atoms with Crippen LogP contribution in [0.2, 0.25) is 0 Å². The number of rotatable bonds is 3. The lowest BCUT2D eigenvalue weighted by molar-refractivity contribution is 0.404. The summed E-state index contributed by atoms with van der Waals surface area (Å²) in [5.41, 5.74) is 9.04. The monoisotopic (exact) mass is 347 g/mol. The van der Waals surface area contributed by atoms with Gasteiger partial charge < -0.3 is 20.2 Å². The molecule has 1 aromatic heterocycles. The lowest BCUT2D eigenvalue weighted by Crippen LogP contribution is -1.91. The molecule has 0 saturated heterocycles. The molecular weight excluding hydrogens is 334 g/mol. The number of nitrogens with one attached hydrogen (secondary N) is 1. The minimum atomic E-state index is 0.615. The van der Waals surface area contributed by atoms with E-state index in [4.69, 9.17) is 15.2 Å². The Morgan fingerprint density at radius 3 is 2.67 bits per heavy atom. The Labute approximate surface area is 130 Å². The average Bonchev–Trinajstić information content (AvgIpc) is 2.90. The Kier molecular flexibility index (Phi) is 3.47. The maximum absolute atomic E-state index is 6.01. The molecule has 1 heterocycles. The van der Waals surface area contributed by atoms with Crippen molar-refractivity contribution in [2.24, 2.45) is 0 Å². The SMILES string of the molecule is COc1ccc(OC)c(-c2nc3c(N)cc(Br)cc3[nH]2)c1. The van der Waals surface area contributed by atoms with Crippen LogP contribution in [0.25, 0.3) is 22.4 Å². The second kappa shape index (κ2) is 5.29. The van der Waals surface area contributed by atoms with Gasteiger partial charge in [-0.25, -0.2) is 4.98 Å². The molecule has 0 unspecified atom stereocenters. The fourth-order valence-electron chi connectivity index (χ4n) is 2.23. The van der Waals surface area contributed by atoms with Crippen LogP contribution in [0.4, 0.5) is 5.69 Å². The van der Waals surface area contributed by atoms with Crippen LogP contribution in [0.3, 0.4) is 0 Å². The number of methoxy groups -OCH3 is 2. The fraction of sp³-hybridized carbons (Fsp3) is 0.133. The molecule has 2 aromatic carbocycles. The van der Waals surface area contributed by atoms with Gasteiger partial charge in [-0.2, -0.15) is 0 Å². The van der Waals surface area contributed by atoms with E-state index in [0.29, 0.717) is 17.3 Å². The Balaban J connectivity index is 2.22. The zero-order valence-corrected chi connectivity index (χ0v) is 13.2. The summed E-state index contributed by atoms with van der Waals surface area (Å²) < 4.78 is 11.6. The van der Waals surface area contributed by atoms with Gasteiger partial charge in [-0.3, -0.25) is 0 Å².